The Morgan fingerprint density at radius 2 is 1.66 bits per heavy atom. The number of amides is 1. The number of hydrogen-bond donors (Lipinski definition) is 1. The van der Waals surface area contributed by atoms with Crippen molar-refractivity contribution in [3.8, 4) is 5.75 Å². The summed E-state index contributed by atoms with van der Waals surface area (Å²) in [6, 6.07) is 20.1. The molecule has 29 heavy (non-hydrogen) atoms. The minimum Gasteiger partial charge on any atom is -0.495 e. The third kappa shape index (κ3) is 4.41. The van der Waals surface area contributed by atoms with E-state index >= 15 is 0 Å². The van der Waals surface area contributed by atoms with Crippen LogP contribution in [0.1, 0.15) is 15.9 Å². The Morgan fingerprint density at radius 1 is 0.966 bits per heavy atom. The lowest BCUT2D eigenvalue weighted by Gasteiger charge is -2.20. The molecule has 0 spiro atoms. The van der Waals surface area contributed by atoms with Crippen LogP contribution in [0.2, 0.25) is 0 Å². The maximum absolute atomic E-state index is 13.0. The van der Waals surface area contributed by atoms with Crippen LogP contribution in [-0.2, 0) is 10.0 Å². The summed E-state index contributed by atoms with van der Waals surface area (Å²) >= 11 is 0. The summed E-state index contributed by atoms with van der Waals surface area (Å²) in [7, 11) is -0.817. The van der Waals surface area contributed by atoms with Gasteiger partial charge < -0.3 is 10.1 Å². The molecule has 0 atom stereocenters. The molecule has 3 rings (SSSR count). The van der Waals surface area contributed by atoms with Gasteiger partial charge in [-0.15, -0.1) is 0 Å². The smallest absolute Gasteiger partial charge is 0.264 e. The molecule has 1 amide bonds. The predicted molar refractivity (Wildman–Crippen MR) is 114 cm³/mol. The van der Waals surface area contributed by atoms with E-state index in [1.165, 1.54) is 30.6 Å². The lowest BCUT2D eigenvalue weighted by molar-refractivity contribution is 0.102. The molecule has 3 aromatic rings. The minimum atomic E-state index is -3.82. The van der Waals surface area contributed by atoms with Crippen molar-refractivity contribution in [2.24, 2.45) is 0 Å². The van der Waals surface area contributed by atoms with Crippen molar-refractivity contribution in [3.05, 3.63) is 83.9 Å². The van der Waals surface area contributed by atoms with Crippen molar-refractivity contribution in [1.29, 1.82) is 0 Å². The molecule has 6 nitrogen and oxygen atoms in total. The Kier molecular flexibility index (Phi) is 5.89. The van der Waals surface area contributed by atoms with Crippen molar-refractivity contribution < 1.29 is 17.9 Å². The molecule has 150 valence electrons. The second-order valence-electron chi connectivity index (χ2n) is 6.49. The first kappa shape index (κ1) is 20.4. The number of nitrogens with zero attached hydrogens (tertiary/aromatic N) is 1. The summed E-state index contributed by atoms with van der Waals surface area (Å²) in [5, 5.41) is 2.75. The summed E-state index contributed by atoms with van der Waals surface area (Å²) in [4.78, 5) is 12.7. The normalized spacial score (nSPS) is 11.0. The topological polar surface area (TPSA) is 75.7 Å². The molecule has 0 aliphatic rings. The van der Waals surface area contributed by atoms with Gasteiger partial charge in [0.25, 0.3) is 15.9 Å². The Hall–Kier alpha value is -3.32. The SMILES string of the molecule is COc1ccccc1NC(=O)c1cccc(S(=O)(=O)N(C)c2ccc(C)cc2)c1. The molecule has 7 heteroatoms. The fraction of sp³-hybridized carbons (Fsp3) is 0.136. The molecular formula is C22H22N2O4S. The van der Waals surface area contributed by atoms with Crippen LogP contribution in [0.3, 0.4) is 0 Å². The highest BCUT2D eigenvalue weighted by atomic mass is 32.2. The molecule has 0 aromatic heterocycles. The second-order valence-corrected chi connectivity index (χ2v) is 8.46. The number of para-hydroxylation sites is 2. The van der Waals surface area contributed by atoms with E-state index in [9.17, 15) is 13.2 Å². The Balaban J connectivity index is 1.88. The third-order valence-electron chi connectivity index (χ3n) is 4.51. The van der Waals surface area contributed by atoms with Gasteiger partial charge in [0.15, 0.2) is 0 Å². The maximum atomic E-state index is 13.0. The number of aryl methyl sites for hydroxylation is 1. The van der Waals surface area contributed by atoms with E-state index in [0.717, 1.165) is 5.56 Å². The van der Waals surface area contributed by atoms with E-state index in [-0.39, 0.29) is 10.5 Å². The van der Waals surface area contributed by atoms with E-state index < -0.39 is 15.9 Å². The molecule has 1 N–H and O–H groups in total. The number of methoxy groups -OCH3 is 1. The number of anilines is 2. The molecule has 0 radical (unpaired) electrons. The van der Waals surface area contributed by atoms with Gasteiger partial charge in [0.1, 0.15) is 5.75 Å². The Morgan fingerprint density at radius 3 is 2.34 bits per heavy atom. The molecule has 0 fully saturated rings. The lowest BCUT2D eigenvalue weighted by Crippen LogP contribution is -2.26. The molecule has 0 unspecified atom stereocenters. The van der Waals surface area contributed by atoms with Gasteiger partial charge in [0.2, 0.25) is 0 Å². The number of hydrogen-bond acceptors (Lipinski definition) is 4. The quantitative estimate of drug-likeness (QED) is 0.664. The monoisotopic (exact) mass is 410 g/mol. The van der Waals surface area contributed by atoms with Crippen LogP contribution in [-0.4, -0.2) is 28.5 Å². The first-order valence-electron chi connectivity index (χ1n) is 8.93. The Bertz CT molecular complexity index is 1130. The van der Waals surface area contributed by atoms with E-state index in [0.29, 0.717) is 17.1 Å². The summed E-state index contributed by atoms with van der Waals surface area (Å²) < 4.78 is 32.5. The van der Waals surface area contributed by atoms with Crippen molar-refractivity contribution in [2.75, 3.05) is 23.8 Å². The zero-order valence-electron chi connectivity index (χ0n) is 16.4. The largest absolute Gasteiger partial charge is 0.495 e. The lowest BCUT2D eigenvalue weighted by atomic mass is 10.2. The zero-order chi connectivity index (χ0) is 21.0. The molecular weight excluding hydrogens is 388 g/mol. The van der Waals surface area contributed by atoms with Crippen molar-refractivity contribution in [1.82, 2.24) is 0 Å². The highest BCUT2D eigenvalue weighted by molar-refractivity contribution is 7.92. The standard InChI is InChI=1S/C22H22N2O4S/c1-16-11-13-18(14-12-16)24(2)29(26,27)19-8-6-7-17(15-19)22(25)23-20-9-4-5-10-21(20)28-3/h4-15H,1-3H3,(H,23,25). The number of carbonyl (C=O) groups is 1. The fourth-order valence-electron chi connectivity index (χ4n) is 2.79. The Labute approximate surface area is 170 Å². The minimum absolute atomic E-state index is 0.0354. The van der Waals surface area contributed by atoms with E-state index in [1.54, 1.807) is 48.5 Å². The molecule has 0 saturated carbocycles. The first-order chi connectivity index (χ1) is 13.8. The predicted octanol–water partition coefficient (Wildman–Crippen LogP) is 4.08. The van der Waals surface area contributed by atoms with Gasteiger partial charge in [-0.05, 0) is 49.4 Å². The van der Waals surface area contributed by atoms with Crippen LogP contribution in [0.5, 0.6) is 5.75 Å². The molecule has 3 aromatic carbocycles. The van der Waals surface area contributed by atoms with E-state index in [1.807, 2.05) is 19.1 Å². The highest BCUT2D eigenvalue weighted by Gasteiger charge is 2.22. The molecule has 0 saturated heterocycles. The average molecular weight is 410 g/mol. The van der Waals surface area contributed by atoms with Gasteiger partial charge in [0, 0.05) is 12.6 Å². The van der Waals surface area contributed by atoms with Gasteiger partial charge in [-0.2, -0.15) is 0 Å². The summed E-state index contributed by atoms with van der Waals surface area (Å²) in [6.07, 6.45) is 0. The maximum Gasteiger partial charge on any atom is 0.264 e. The summed E-state index contributed by atoms with van der Waals surface area (Å²) in [5.74, 6) is 0.0910. The van der Waals surface area contributed by atoms with Gasteiger partial charge >= 0.3 is 0 Å². The molecule has 0 aliphatic heterocycles. The first-order valence-corrected chi connectivity index (χ1v) is 10.4. The number of sulfonamides is 1. The number of carbonyl (C=O) groups excluding carboxylic acids is 1. The van der Waals surface area contributed by atoms with E-state index in [2.05, 4.69) is 5.32 Å². The third-order valence-corrected chi connectivity index (χ3v) is 6.29. The van der Waals surface area contributed by atoms with Crippen LogP contribution in [0, 0.1) is 6.92 Å². The van der Waals surface area contributed by atoms with Crippen molar-refractivity contribution >= 4 is 27.3 Å². The molecule has 0 bridgehead atoms. The van der Waals surface area contributed by atoms with E-state index in [4.69, 9.17) is 4.74 Å². The number of ether oxygens (including phenoxy) is 1. The zero-order valence-corrected chi connectivity index (χ0v) is 17.2. The fourth-order valence-corrected chi connectivity index (χ4v) is 4.03. The van der Waals surface area contributed by atoms with Crippen molar-refractivity contribution in [3.63, 3.8) is 0 Å². The van der Waals surface area contributed by atoms with Crippen LogP contribution in [0.4, 0.5) is 11.4 Å². The number of benzene rings is 3. The second kappa shape index (κ2) is 8.36. The molecule has 0 aliphatic carbocycles. The van der Waals surface area contributed by atoms with Crippen LogP contribution >= 0.6 is 0 Å². The van der Waals surface area contributed by atoms with Crippen LogP contribution < -0.4 is 14.4 Å². The van der Waals surface area contributed by atoms with Gasteiger partial charge in [-0.25, -0.2) is 8.42 Å². The van der Waals surface area contributed by atoms with Gasteiger partial charge in [-0.1, -0.05) is 35.9 Å². The number of rotatable bonds is 6. The van der Waals surface area contributed by atoms with Crippen molar-refractivity contribution in [2.45, 2.75) is 11.8 Å². The molecule has 0 heterocycles. The van der Waals surface area contributed by atoms with Gasteiger partial charge in [-0.3, -0.25) is 9.10 Å². The summed E-state index contributed by atoms with van der Waals surface area (Å²) in [6.45, 7) is 1.93. The van der Waals surface area contributed by atoms with Crippen LogP contribution in [0.15, 0.2) is 77.7 Å². The highest BCUT2D eigenvalue weighted by Crippen LogP contribution is 2.25. The van der Waals surface area contributed by atoms with Gasteiger partial charge in [0.05, 0.1) is 23.4 Å². The summed E-state index contributed by atoms with van der Waals surface area (Å²) in [5.41, 5.74) is 2.31. The number of nitrogens with one attached hydrogen (secondary N) is 1. The average Bonchev–Trinajstić information content (AvgIpc) is 2.74. The van der Waals surface area contributed by atoms with Crippen LogP contribution in [0.25, 0.3) is 0 Å².